The maximum absolute atomic E-state index is 12.8. The molecule has 24 heavy (non-hydrogen) atoms. The molecule has 0 spiro atoms. The molecule has 0 aliphatic carbocycles. The number of amides is 1. The Balaban J connectivity index is 0.00000529. The Morgan fingerprint density at radius 2 is 1.83 bits per heavy atom. The number of anilines is 1. The SMILES string of the molecule is CC(C)CS(=O)(=O)CC(=O)Nc1cc(CN)cc(C(F)(F)F)c1.Cl. The molecule has 0 aromatic heterocycles. The van der Waals surface area contributed by atoms with Crippen LogP contribution in [0.1, 0.15) is 25.0 Å². The van der Waals surface area contributed by atoms with Gasteiger partial charge in [-0.25, -0.2) is 8.42 Å². The van der Waals surface area contributed by atoms with Gasteiger partial charge in [0.1, 0.15) is 5.75 Å². The number of hydrogen-bond acceptors (Lipinski definition) is 4. The van der Waals surface area contributed by atoms with E-state index in [0.717, 1.165) is 12.1 Å². The quantitative estimate of drug-likeness (QED) is 0.783. The number of hydrogen-bond donors (Lipinski definition) is 2. The second-order valence-electron chi connectivity index (χ2n) is 5.62. The summed E-state index contributed by atoms with van der Waals surface area (Å²) in [5, 5.41) is 2.18. The van der Waals surface area contributed by atoms with Crippen LogP contribution in [0.25, 0.3) is 0 Å². The molecule has 138 valence electrons. The van der Waals surface area contributed by atoms with Crippen LogP contribution in [0.5, 0.6) is 0 Å². The van der Waals surface area contributed by atoms with Crippen LogP contribution >= 0.6 is 12.4 Å². The predicted molar refractivity (Wildman–Crippen MR) is 88.7 cm³/mol. The van der Waals surface area contributed by atoms with Gasteiger partial charge in [-0.15, -0.1) is 12.4 Å². The summed E-state index contributed by atoms with van der Waals surface area (Å²) < 4.78 is 61.8. The third-order valence-corrected chi connectivity index (χ3v) is 4.65. The minimum Gasteiger partial charge on any atom is -0.326 e. The maximum Gasteiger partial charge on any atom is 0.416 e. The van der Waals surface area contributed by atoms with E-state index in [4.69, 9.17) is 5.73 Å². The van der Waals surface area contributed by atoms with Crippen molar-refractivity contribution in [2.24, 2.45) is 11.7 Å². The van der Waals surface area contributed by atoms with Crippen molar-refractivity contribution >= 4 is 33.8 Å². The lowest BCUT2D eigenvalue weighted by molar-refractivity contribution is -0.137. The van der Waals surface area contributed by atoms with Gasteiger partial charge < -0.3 is 11.1 Å². The zero-order valence-corrected chi connectivity index (χ0v) is 14.8. The first-order valence-corrected chi connectivity index (χ1v) is 8.66. The first kappa shape index (κ1) is 22.7. The van der Waals surface area contributed by atoms with Crippen molar-refractivity contribution < 1.29 is 26.4 Å². The van der Waals surface area contributed by atoms with Crippen molar-refractivity contribution in [3.05, 3.63) is 29.3 Å². The number of carbonyl (C=O) groups excluding carboxylic acids is 1. The third-order valence-electron chi connectivity index (χ3n) is 2.78. The van der Waals surface area contributed by atoms with Crippen LogP contribution in [0, 0.1) is 5.92 Å². The number of halogens is 4. The molecule has 0 atom stereocenters. The summed E-state index contributed by atoms with van der Waals surface area (Å²) >= 11 is 0. The van der Waals surface area contributed by atoms with Crippen LogP contribution in [0.3, 0.4) is 0 Å². The van der Waals surface area contributed by atoms with Gasteiger partial charge >= 0.3 is 6.18 Å². The molecule has 0 fully saturated rings. The van der Waals surface area contributed by atoms with Crippen LogP contribution in [0.15, 0.2) is 18.2 Å². The molecule has 1 rings (SSSR count). The fraction of sp³-hybridized carbons (Fsp3) is 0.500. The monoisotopic (exact) mass is 388 g/mol. The zero-order chi connectivity index (χ0) is 17.8. The van der Waals surface area contributed by atoms with E-state index in [9.17, 15) is 26.4 Å². The Kier molecular flexibility index (Phi) is 8.20. The molecule has 1 aromatic carbocycles. The van der Waals surface area contributed by atoms with Crippen LogP contribution < -0.4 is 11.1 Å². The molecule has 0 unspecified atom stereocenters. The second-order valence-corrected chi connectivity index (χ2v) is 7.73. The van der Waals surface area contributed by atoms with Crippen LogP contribution in [-0.2, 0) is 27.4 Å². The molecule has 0 saturated carbocycles. The molecule has 0 bridgehead atoms. The standard InChI is InChI=1S/C14H19F3N2O3S.ClH/c1-9(2)7-23(21,22)8-13(20)19-12-4-10(6-18)3-11(5-12)14(15,16)17;/h3-5,9H,6-8,18H2,1-2H3,(H,19,20);1H. The molecule has 1 amide bonds. The fourth-order valence-electron chi connectivity index (χ4n) is 2.01. The summed E-state index contributed by atoms with van der Waals surface area (Å²) in [5.74, 6) is -1.98. The van der Waals surface area contributed by atoms with Gasteiger partial charge in [0.25, 0.3) is 0 Å². The van der Waals surface area contributed by atoms with Crippen molar-refractivity contribution in [1.82, 2.24) is 0 Å². The van der Waals surface area contributed by atoms with E-state index < -0.39 is 33.2 Å². The summed E-state index contributed by atoms with van der Waals surface area (Å²) in [5.41, 5.74) is 4.43. The minimum absolute atomic E-state index is 0. The zero-order valence-electron chi connectivity index (χ0n) is 13.2. The molecule has 1 aromatic rings. The molecule has 0 heterocycles. The largest absolute Gasteiger partial charge is 0.416 e. The van der Waals surface area contributed by atoms with Gasteiger partial charge in [-0.05, 0) is 29.7 Å². The van der Waals surface area contributed by atoms with E-state index >= 15 is 0 Å². The third kappa shape index (κ3) is 7.50. The maximum atomic E-state index is 12.8. The highest BCUT2D eigenvalue weighted by molar-refractivity contribution is 7.92. The molecule has 10 heteroatoms. The smallest absolute Gasteiger partial charge is 0.326 e. The predicted octanol–water partition coefficient (Wildman–Crippen LogP) is 2.60. The van der Waals surface area contributed by atoms with Gasteiger partial charge in [-0.3, -0.25) is 4.79 Å². The molecule has 0 aliphatic heterocycles. The topological polar surface area (TPSA) is 89.3 Å². The number of alkyl halides is 3. The molecular weight excluding hydrogens is 369 g/mol. The van der Waals surface area contributed by atoms with Gasteiger partial charge in [0, 0.05) is 12.2 Å². The number of nitrogens with two attached hydrogens (primary N) is 1. The summed E-state index contributed by atoms with van der Waals surface area (Å²) in [6.07, 6.45) is -4.59. The molecule has 0 radical (unpaired) electrons. The highest BCUT2D eigenvalue weighted by Crippen LogP contribution is 2.32. The average molecular weight is 389 g/mol. The Morgan fingerprint density at radius 1 is 1.25 bits per heavy atom. The van der Waals surface area contributed by atoms with Gasteiger partial charge in [-0.1, -0.05) is 13.8 Å². The van der Waals surface area contributed by atoms with Gasteiger partial charge in [0.2, 0.25) is 5.91 Å². The van der Waals surface area contributed by atoms with E-state index in [0.29, 0.717) is 0 Å². The number of nitrogens with one attached hydrogen (secondary N) is 1. The summed E-state index contributed by atoms with van der Waals surface area (Å²) in [6.45, 7) is 3.24. The van der Waals surface area contributed by atoms with Crippen molar-refractivity contribution in [3.8, 4) is 0 Å². The van der Waals surface area contributed by atoms with E-state index in [1.807, 2.05) is 0 Å². The number of rotatable bonds is 6. The number of benzene rings is 1. The minimum atomic E-state index is -4.59. The summed E-state index contributed by atoms with van der Waals surface area (Å²) in [4.78, 5) is 11.8. The normalized spacial score (nSPS) is 12.0. The van der Waals surface area contributed by atoms with Crippen LogP contribution in [0.2, 0.25) is 0 Å². The van der Waals surface area contributed by atoms with Crippen molar-refractivity contribution in [2.45, 2.75) is 26.6 Å². The Labute approximate surface area is 145 Å². The number of sulfone groups is 1. The lowest BCUT2D eigenvalue weighted by atomic mass is 10.1. The Morgan fingerprint density at radius 3 is 2.29 bits per heavy atom. The molecule has 3 N–H and O–H groups in total. The molecule has 0 aliphatic rings. The van der Waals surface area contributed by atoms with Crippen molar-refractivity contribution in [3.63, 3.8) is 0 Å². The van der Waals surface area contributed by atoms with Gasteiger partial charge in [-0.2, -0.15) is 13.2 Å². The molecular formula is C14H20ClF3N2O3S. The van der Waals surface area contributed by atoms with E-state index in [-0.39, 0.29) is 41.9 Å². The highest BCUT2D eigenvalue weighted by Gasteiger charge is 2.31. The highest BCUT2D eigenvalue weighted by atomic mass is 35.5. The van der Waals surface area contributed by atoms with Crippen molar-refractivity contribution in [1.29, 1.82) is 0 Å². The van der Waals surface area contributed by atoms with E-state index in [1.54, 1.807) is 13.8 Å². The van der Waals surface area contributed by atoms with E-state index in [1.165, 1.54) is 6.07 Å². The summed E-state index contributed by atoms with van der Waals surface area (Å²) in [7, 11) is -3.61. The van der Waals surface area contributed by atoms with Gasteiger partial charge in [0.15, 0.2) is 9.84 Å². The van der Waals surface area contributed by atoms with Crippen molar-refractivity contribution in [2.75, 3.05) is 16.8 Å². The first-order valence-electron chi connectivity index (χ1n) is 6.84. The number of carbonyl (C=O) groups is 1. The Hall–Kier alpha value is -1.32. The lowest BCUT2D eigenvalue weighted by Gasteiger charge is -2.13. The molecule has 5 nitrogen and oxygen atoms in total. The fourth-order valence-corrected chi connectivity index (χ4v) is 3.61. The second kappa shape index (κ2) is 8.68. The van der Waals surface area contributed by atoms with Crippen LogP contribution in [0.4, 0.5) is 18.9 Å². The lowest BCUT2D eigenvalue weighted by Crippen LogP contribution is -2.26. The first-order chi connectivity index (χ1) is 10.4. The Bertz CT molecular complexity index is 676. The summed E-state index contributed by atoms with van der Waals surface area (Å²) in [6, 6.07) is 2.90. The van der Waals surface area contributed by atoms with Crippen LogP contribution in [-0.4, -0.2) is 25.8 Å². The van der Waals surface area contributed by atoms with E-state index in [2.05, 4.69) is 5.32 Å². The van der Waals surface area contributed by atoms with Gasteiger partial charge in [0.05, 0.1) is 11.3 Å². The molecule has 0 saturated heterocycles. The average Bonchev–Trinajstić information content (AvgIpc) is 2.34.